The second-order valence-corrected chi connectivity index (χ2v) is 7.97. The van der Waals surface area contributed by atoms with Gasteiger partial charge in [0.25, 0.3) is 0 Å². The minimum atomic E-state index is -0.984. The summed E-state index contributed by atoms with van der Waals surface area (Å²) in [5.74, 6) is 1.15. The van der Waals surface area contributed by atoms with Crippen LogP contribution in [0.4, 0.5) is 0 Å². The van der Waals surface area contributed by atoms with Crippen molar-refractivity contribution in [1.29, 1.82) is 5.26 Å². The van der Waals surface area contributed by atoms with E-state index in [9.17, 15) is 5.26 Å². The Morgan fingerprint density at radius 2 is 2.00 bits per heavy atom. The number of fused-ring (bicyclic) bond motifs is 2. The fourth-order valence-corrected chi connectivity index (χ4v) is 4.85. The van der Waals surface area contributed by atoms with Crippen molar-refractivity contribution in [2.24, 2.45) is 40.6 Å². The summed E-state index contributed by atoms with van der Waals surface area (Å²) in [5, 5.41) is 13.3. The first-order valence-corrected chi connectivity index (χ1v) is 8.52. The molecule has 4 atom stereocenters. The van der Waals surface area contributed by atoms with Crippen LogP contribution in [-0.2, 0) is 0 Å². The van der Waals surface area contributed by atoms with Gasteiger partial charge in [0, 0.05) is 11.3 Å². The van der Waals surface area contributed by atoms with E-state index in [1.165, 1.54) is 0 Å². The van der Waals surface area contributed by atoms with Crippen molar-refractivity contribution in [3.05, 3.63) is 11.3 Å². The molecule has 120 valence electrons. The monoisotopic (exact) mass is 336 g/mol. The predicted molar refractivity (Wildman–Crippen MR) is 96.8 cm³/mol. The van der Waals surface area contributed by atoms with E-state index in [0.717, 1.165) is 6.42 Å². The lowest BCUT2D eigenvalue weighted by molar-refractivity contribution is 0.103. The summed E-state index contributed by atoms with van der Waals surface area (Å²) in [4.78, 5) is 0.797. The molecule has 0 saturated carbocycles. The third-order valence-corrected chi connectivity index (χ3v) is 5.67. The van der Waals surface area contributed by atoms with Gasteiger partial charge in [0.2, 0.25) is 0 Å². The molecule has 0 spiro atoms. The van der Waals surface area contributed by atoms with Crippen molar-refractivity contribution < 1.29 is 0 Å². The summed E-state index contributed by atoms with van der Waals surface area (Å²) >= 11 is 10.7. The molecule has 2 heterocycles. The molecule has 2 aliphatic heterocycles. The molecule has 3 rings (SSSR count). The number of nitrogens with two attached hydrogens (primary N) is 2. The Kier molecular flexibility index (Phi) is 4.51. The van der Waals surface area contributed by atoms with Crippen molar-refractivity contribution in [3.63, 3.8) is 0 Å². The summed E-state index contributed by atoms with van der Waals surface area (Å²) in [7, 11) is 0. The Morgan fingerprint density at radius 3 is 2.41 bits per heavy atom. The Labute approximate surface area is 143 Å². The Morgan fingerprint density at radius 1 is 1.41 bits per heavy atom. The minimum Gasteiger partial charge on any atom is -0.400 e. The van der Waals surface area contributed by atoms with Crippen LogP contribution in [-0.4, -0.2) is 16.0 Å². The van der Waals surface area contributed by atoms with E-state index in [1.807, 2.05) is 0 Å². The zero-order chi connectivity index (χ0) is 16.8. The molecule has 1 saturated heterocycles. The van der Waals surface area contributed by atoms with Crippen LogP contribution in [0, 0.1) is 40.4 Å². The lowest BCUT2D eigenvalue weighted by Gasteiger charge is -2.56. The number of nitriles is 1. The SMILES string of the molecule is CC(C)CC1C(C(C)C)C2NC(=S)C1(C#N)C(N)=C2C(N)=S. The normalized spacial score (nSPS) is 34.0. The number of nitrogens with zero attached hydrogens (tertiary/aromatic N) is 1. The van der Waals surface area contributed by atoms with E-state index in [0.29, 0.717) is 28.1 Å². The van der Waals surface area contributed by atoms with E-state index in [4.69, 9.17) is 35.9 Å². The molecule has 4 unspecified atom stereocenters. The largest absolute Gasteiger partial charge is 0.400 e. The van der Waals surface area contributed by atoms with Crippen LogP contribution in [0.25, 0.3) is 0 Å². The highest BCUT2D eigenvalue weighted by molar-refractivity contribution is 7.81. The third-order valence-electron chi connectivity index (χ3n) is 5.01. The van der Waals surface area contributed by atoms with Gasteiger partial charge in [0.1, 0.15) is 15.4 Å². The zero-order valence-electron chi connectivity index (χ0n) is 13.5. The first-order chi connectivity index (χ1) is 10.2. The van der Waals surface area contributed by atoms with Crippen molar-refractivity contribution in [2.75, 3.05) is 0 Å². The van der Waals surface area contributed by atoms with Gasteiger partial charge >= 0.3 is 0 Å². The average molecular weight is 337 g/mol. The highest BCUT2D eigenvalue weighted by Gasteiger charge is 2.61. The highest BCUT2D eigenvalue weighted by atomic mass is 32.1. The first kappa shape index (κ1) is 17.2. The van der Waals surface area contributed by atoms with Crippen LogP contribution in [0.1, 0.15) is 34.1 Å². The van der Waals surface area contributed by atoms with Gasteiger partial charge in [-0.2, -0.15) is 5.26 Å². The third kappa shape index (κ3) is 2.22. The van der Waals surface area contributed by atoms with Crippen molar-refractivity contribution in [1.82, 2.24) is 5.32 Å². The Hall–Kier alpha value is -1.19. The van der Waals surface area contributed by atoms with E-state index in [1.54, 1.807) is 0 Å². The van der Waals surface area contributed by atoms with Crippen LogP contribution in [0.15, 0.2) is 11.3 Å². The molecule has 3 aliphatic rings. The van der Waals surface area contributed by atoms with Crippen LogP contribution in [0.5, 0.6) is 0 Å². The first-order valence-electron chi connectivity index (χ1n) is 7.70. The van der Waals surface area contributed by atoms with E-state index >= 15 is 0 Å². The van der Waals surface area contributed by atoms with Crippen LogP contribution in [0.2, 0.25) is 0 Å². The van der Waals surface area contributed by atoms with Gasteiger partial charge in [0.15, 0.2) is 0 Å². The number of hydrogen-bond acceptors (Lipinski definition) is 4. The summed E-state index contributed by atoms with van der Waals surface area (Å²) in [5.41, 5.74) is 12.5. The maximum Gasteiger partial charge on any atom is 0.150 e. The highest BCUT2D eigenvalue weighted by Crippen LogP contribution is 2.54. The summed E-state index contributed by atoms with van der Waals surface area (Å²) < 4.78 is 0. The molecular formula is C16H24N4S2. The van der Waals surface area contributed by atoms with Gasteiger partial charge in [-0.05, 0) is 30.1 Å². The topological polar surface area (TPSA) is 87.9 Å². The van der Waals surface area contributed by atoms with Crippen LogP contribution in [0.3, 0.4) is 0 Å². The van der Waals surface area contributed by atoms with Crippen LogP contribution < -0.4 is 16.8 Å². The number of piperidine rings is 1. The van der Waals surface area contributed by atoms with Gasteiger partial charge in [0.05, 0.1) is 12.1 Å². The molecule has 4 nitrogen and oxygen atoms in total. The second kappa shape index (κ2) is 5.78. The molecule has 6 heteroatoms. The molecule has 0 aromatic rings. The van der Waals surface area contributed by atoms with E-state index < -0.39 is 5.41 Å². The molecule has 0 aromatic heterocycles. The molecule has 0 aromatic carbocycles. The van der Waals surface area contributed by atoms with E-state index in [-0.39, 0.29) is 22.9 Å². The van der Waals surface area contributed by atoms with E-state index in [2.05, 4.69) is 39.1 Å². The fourth-order valence-electron chi connectivity index (χ4n) is 4.18. The molecule has 1 fully saturated rings. The number of nitrogens with one attached hydrogen (secondary N) is 1. The van der Waals surface area contributed by atoms with Gasteiger partial charge in [-0.15, -0.1) is 0 Å². The maximum atomic E-state index is 10.0. The molecule has 1 aliphatic carbocycles. The number of thiocarbonyl (C=S) groups is 2. The lowest BCUT2D eigenvalue weighted by Crippen LogP contribution is -2.68. The zero-order valence-corrected chi connectivity index (χ0v) is 15.1. The Balaban J connectivity index is 2.72. The van der Waals surface area contributed by atoms with Gasteiger partial charge in [-0.3, -0.25) is 0 Å². The summed E-state index contributed by atoms with van der Waals surface area (Å²) in [6.45, 7) is 8.66. The molecular weight excluding hydrogens is 312 g/mol. The second-order valence-electron chi connectivity index (χ2n) is 7.12. The molecule has 0 amide bonds. The maximum absolute atomic E-state index is 10.0. The van der Waals surface area contributed by atoms with Crippen molar-refractivity contribution in [2.45, 2.75) is 40.2 Å². The smallest absolute Gasteiger partial charge is 0.150 e. The fraction of sp³-hybridized carbons (Fsp3) is 0.688. The standard InChI is InChI=1S/C16H24N4S2/c1-7(2)5-9-10(8(3)4)12-11(14(19)21)13(18)16(9,6-17)15(22)20-12/h7-10,12H,5,18H2,1-4H3,(H2,19,21)(H,20,22). The van der Waals surface area contributed by atoms with Crippen LogP contribution >= 0.6 is 24.4 Å². The average Bonchev–Trinajstić information content (AvgIpc) is 2.37. The van der Waals surface area contributed by atoms with Gasteiger partial charge < -0.3 is 16.8 Å². The van der Waals surface area contributed by atoms with Crippen molar-refractivity contribution in [3.8, 4) is 6.07 Å². The molecule has 2 bridgehead atoms. The molecule has 5 N–H and O–H groups in total. The predicted octanol–water partition coefficient (Wildman–Crippen LogP) is 2.24. The summed E-state index contributed by atoms with van der Waals surface area (Å²) in [6.07, 6.45) is 0.903. The lowest BCUT2D eigenvalue weighted by atomic mass is 9.53. The Bertz CT molecular complexity index is 587. The quantitative estimate of drug-likeness (QED) is 0.683. The minimum absolute atomic E-state index is 0.0797. The number of hydrogen-bond donors (Lipinski definition) is 3. The molecule has 0 radical (unpaired) electrons. The summed E-state index contributed by atoms with van der Waals surface area (Å²) in [6, 6.07) is 2.35. The van der Waals surface area contributed by atoms with Crippen molar-refractivity contribution >= 4 is 34.4 Å². The molecule has 22 heavy (non-hydrogen) atoms. The van der Waals surface area contributed by atoms with Gasteiger partial charge in [-0.25, -0.2) is 0 Å². The van der Waals surface area contributed by atoms with Gasteiger partial charge in [-0.1, -0.05) is 52.1 Å². The number of rotatable bonds is 4.